The largest absolute Gasteiger partial charge is 0.497 e. The number of carboxylic acids is 1. The van der Waals surface area contributed by atoms with E-state index in [9.17, 15) is 14.4 Å². The molecule has 0 aromatic heterocycles. The highest BCUT2D eigenvalue weighted by atomic mass is 16.6. The van der Waals surface area contributed by atoms with Crippen molar-refractivity contribution in [2.75, 3.05) is 12.4 Å². The van der Waals surface area contributed by atoms with Gasteiger partial charge in [0.05, 0.1) is 7.11 Å². The van der Waals surface area contributed by atoms with Crippen LogP contribution in [-0.4, -0.2) is 48.2 Å². The van der Waals surface area contributed by atoms with Crippen molar-refractivity contribution in [2.45, 2.75) is 38.5 Å². The summed E-state index contributed by atoms with van der Waals surface area (Å²) in [6.07, 6.45) is -1.76. The van der Waals surface area contributed by atoms with Crippen LogP contribution in [0.15, 0.2) is 24.3 Å². The van der Waals surface area contributed by atoms with Gasteiger partial charge in [-0.15, -0.1) is 0 Å². The second-order valence-electron chi connectivity index (χ2n) is 6.22. The predicted octanol–water partition coefficient (Wildman–Crippen LogP) is 1.02. The average molecular weight is 350 g/mol. The molecule has 8 nitrogen and oxygen atoms in total. The number of carboxylic acid groups (broad SMARTS) is 1. The van der Waals surface area contributed by atoms with E-state index in [1.165, 1.54) is 0 Å². The number of hydrogen-bond acceptors (Lipinski definition) is 5. The molecule has 1 aliphatic heterocycles. The first-order valence-electron chi connectivity index (χ1n) is 7.95. The van der Waals surface area contributed by atoms with E-state index in [0.29, 0.717) is 17.9 Å². The lowest BCUT2D eigenvalue weighted by molar-refractivity contribution is -0.138. The normalized spacial score (nSPS) is 19.8. The highest BCUT2D eigenvalue weighted by Gasteiger charge is 2.51. The van der Waals surface area contributed by atoms with Crippen molar-refractivity contribution >= 4 is 23.5 Å². The van der Waals surface area contributed by atoms with Gasteiger partial charge < -0.3 is 25.2 Å². The SMILES string of the molecule is COc1ccc(NC(=O)[C@H](CC(C)C)NC(=O)[C@H]2O[C@@H]2C(=O)O)cc1. The maximum absolute atomic E-state index is 12.5. The third kappa shape index (κ3) is 5.18. The molecule has 25 heavy (non-hydrogen) atoms. The fourth-order valence-electron chi connectivity index (χ4n) is 2.36. The van der Waals surface area contributed by atoms with E-state index in [1.807, 2.05) is 13.8 Å². The molecule has 1 aromatic carbocycles. The first-order chi connectivity index (χ1) is 11.8. The van der Waals surface area contributed by atoms with Crippen molar-refractivity contribution in [1.82, 2.24) is 5.32 Å². The Morgan fingerprint density at radius 2 is 1.84 bits per heavy atom. The van der Waals surface area contributed by atoms with Crippen LogP contribution in [0.25, 0.3) is 0 Å². The summed E-state index contributed by atoms with van der Waals surface area (Å²) in [7, 11) is 1.55. The van der Waals surface area contributed by atoms with Gasteiger partial charge in [0.1, 0.15) is 11.8 Å². The molecule has 3 atom stereocenters. The van der Waals surface area contributed by atoms with Crippen molar-refractivity contribution < 1.29 is 29.0 Å². The molecular weight excluding hydrogens is 328 g/mol. The van der Waals surface area contributed by atoms with Crippen molar-refractivity contribution in [3.63, 3.8) is 0 Å². The Kier molecular flexibility index (Phi) is 5.97. The third-order valence-electron chi connectivity index (χ3n) is 3.69. The van der Waals surface area contributed by atoms with E-state index in [4.69, 9.17) is 14.6 Å². The molecule has 0 bridgehead atoms. The zero-order valence-corrected chi connectivity index (χ0v) is 14.3. The molecule has 8 heteroatoms. The summed E-state index contributed by atoms with van der Waals surface area (Å²) >= 11 is 0. The van der Waals surface area contributed by atoms with Crippen molar-refractivity contribution in [1.29, 1.82) is 0 Å². The minimum absolute atomic E-state index is 0.155. The zero-order chi connectivity index (χ0) is 18.6. The molecule has 0 radical (unpaired) electrons. The molecule has 1 fully saturated rings. The molecular formula is C17H22N2O6. The van der Waals surface area contributed by atoms with E-state index in [2.05, 4.69) is 10.6 Å². The lowest BCUT2D eigenvalue weighted by Crippen LogP contribution is -2.46. The zero-order valence-electron chi connectivity index (χ0n) is 14.3. The van der Waals surface area contributed by atoms with E-state index >= 15 is 0 Å². The quantitative estimate of drug-likeness (QED) is 0.603. The summed E-state index contributed by atoms with van der Waals surface area (Å²) < 4.78 is 9.87. The lowest BCUT2D eigenvalue weighted by atomic mass is 10.0. The van der Waals surface area contributed by atoms with Gasteiger partial charge in [0.25, 0.3) is 5.91 Å². The first-order valence-corrected chi connectivity index (χ1v) is 7.95. The summed E-state index contributed by atoms with van der Waals surface area (Å²) in [6, 6.07) is 6.01. The second kappa shape index (κ2) is 7.98. The third-order valence-corrected chi connectivity index (χ3v) is 3.69. The van der Waals surface area contributed by atoms with Crippen LogP contribution in [0.2, 0.25) is 0 Å². The lowest BCUT2D eigenvalue weighted by Gasteiger charge is -2.20. The van der Waals surface area contributed by atoms with Crippen LogP contribution < -0.4 is 15.4 Å². The monoisotopic (exact) mass is 350 g/mol. The first kappa shape index (κ1) is 18.7. The number of amides is 2. The Hall–Kier alpha value is -2.61. The van der Waals surface area contributed by atoms with Gasteiger partial charge in [0.15, 0.2) is 12.2 Å². The molecule has 0 aliphatic carbocycles. The van der Waals surface area contributed by atoms with Crippen molar-refractivity contribution in [2.24, 2.45) is 5.92 Å². The molecule has 0 unspecified atom stereocenters. The van der Waals surface area contributed by atoms with Crippen LogP contribution in [0.1, 0.15) is 20.3 Å². The molecule has 0 spiro atoms. The predicted molar refractivity (Wildman–Crippen MR) is 89.3 cm³/mol. The van der Waals surface area contributed by atoms with Gasteiger partial charge in [0, 0.05) is 5.69 Å². The van der Waals surface area contributed by atoms with E-state index in [0.717, 1.165) is 0 Å². The Balaban J connectivity index is 1.99. The molecule has 3 N–H and O–H groups in total. The molecule has 1 aliphatic rings. The molecule has 1 heterocycles. The highest BCUT2D eigenvalue weighted by Crippen LogP contribution is 2.23. The van der Waals surface area contributed by atoms with Crippen LogP contribution in [-0.2, 0) is 19.1 Å². The number of nitrogens with one attached hydrogen (secondary N) is 2. The van der Waals surface area contributed by atoms with Crippen LogP contribution in [0, 0.1) is 5.92 Å². The molecule has 136 valence electrons. The maximum Gasteiger partial charge on any atom is 0.336 e. The van der Waals surface area contributed by atoms with Crippen LogP contribution in [0.4, 0.5) is 5.69 Å². The van der Waals surface area contributed by atoms with Gasteiger partial charge in [-0.2, -0.15) is 0 Å². The topological polar surface area (TPSA) is 117 Å². The Labute approximate surface area is 145 Å². The number of rotatable bonds is 8. The van der Waals surface area contributed by atoms with Crippen LogP contribution in [0.5, 0.6) is 5.75 Å². The fraction of sp³-hybridized carbons (Fsp3) is 0.471. The summed E-state index contributed by atoms with van der Waals surface area (Å²) in [4.78, 5) is 35.3. The van der Waals surface area contributed by atoms with E-state index in [-0.39, 0.29) is 11.8 Å². The molecule has 1 aromatic rings. The number of hydrogen-bond donors (Lipinski definition) is 3. The minimum atomic E-state index is -1.19. The molecule has 2 rings (SSSR count). The average Bonchev–Trinajstić information content (AvgIpc) is 3.35. The van der Waals surface area contributed by atoms with Gasteiger partial charge in [-0.1, -0.05) is 13.8 Å². The number of epoxide rings is 1. The maximum atomic E-state index is 12.5. The number of aliphatic carboxylic acids is 1. The van der Waals surface area contributed by atoms with Gasteiger partial charge in [-0.25, -0.2) is 4.79 Å². The van der Waals surface area contributed by atoms with Crippen LogP contribution in [0.3, 0.4) is 0 Å². The van der Waals surface area contributed by atoms with Gasteiger partial charge in [-0.3, -0.25) is 9.59 Å². The summed E-state index contributed by atoms with van der Waals surface area (Å²) in [6.45, 7) is 3.85. The van der Waals surface area contributed by atoms with Gasteiger partial charge in [0.2, 0.25) is 5.91 Å². The Bertz CT molecular complexity index is 643. The number of ether oxygens (including phenoxy) is 2. The fourth-order valence-corrected chi connectivity index (χ4v) is 2.36. The second-order valence-corrected chi connectivity index (χ2v) is 6.22. The summed E-state index contributed by atoms with van der Waals surface area (Å²) in [5.41, 5.74) is 0.569. The molecule has 2 amide bonds. The van der Waals surface area contributed by atoms with Crippen molar-refractivity contribution in [3.05, 3.63) is 24.3 Å². The highest BCUT2D eigenvalue weighted by molar-refractivity contribution is 5.99. The molecule has 1 saturated heterocycles. The number of carbonyl (C=O) groups is 3. The number of benzene rings is 1. The standard InChI is InChI=1S/C17H22N2O6/c1-9(2)8-12(19-16(21)13-14(25-13)17(22)23)15(20)18-10-4-6-11(24-3)7-5-10/h4-7,9,12-14H,8H2,1-3H3,(H,18,20)(H,19,21)(H,22,23)/t12-,13-,14-/m0/s1. The van der Waals surface area contributed by atoms with Gasteiger partial charge >= 0.3 is 5.97 Å². The van der Waals surface area contributed by atoms with Crippen LogP contribution >= 0.6 is 0 Å². The van der Waals surface area contributed by atoms with E-state index in [1.54, 1.807) is 31.4 Å². The number of methoxy groups -OCH3 is 1. The molecule has 0 saturated carbocycles. The summed E-state index contributed by atoms with van der Waals surface area (Å²) in [5.74, 6) is -1.34. The van der Waals surface area contributed by atoms with Gasteiger partial charge in [-0.05, 0) is 36.6 Å². The summed E-state index contributed by atoms with van der Waals surface area (Å²) in [5, 5.41) is 14.1. The minimum Gasteiger partial charge on any atom is -0.497 e. The Morgan fingerprint density at radius 3 is 2.32 bits per heavy atom. The number of carbonyl (C=O) groups excluding carboxylic acids is 2. The smallest absolute Gasteiger partial charge is 0.336 e. The van der Waals surface area contributed by atoms with E-state index < -0.39 is 30.1 Å². The number of anilines is 1. The Morgan fingerprint density at radius 1 is 1.20 bits per heavy atom. The van der Waals surface area contributed by atoms with Crippen molar-refractivity contribution in [3.8, 4) is 5.75 Å².